The highest BCUT2D eigenvalue weighted by molar-refractivity contribution is 7.09. The second-order valence-corrected chi connectivity index (χ2v) is 6.00. The minimum Gasteiger partial charge on any atom is -0.353 e. The molecule has 0 saturated carbocycles. The van der Waals surface area contributed by atoms with Gasteiger partial charge in [0, 0.05) is 36.9 Å². The standard InChI is InChI=1S/C14H22N2O2S/c1-12(11-13-5-4-10-19-13)15-14(17)6-8-16-7-2-3-9-18-16/h4-5,10,12H,2-3,6-9,11H2,1H3,(H,15,17)/t12-/m0/s1. The smallest absolute Gasteiger partial charge is 0.221 e. The molecule has 1 aliphatic rings. The minimum atomic E-state index is 0.109. The molecule has 0 radical (unpaired) electrons. The first-order valence-corrected chi connectivity index (χ1v) is 7.81. The maximum absolute atomic E-state index is 11.8. The number of carbonyl (C=O) groups is 1. The maximum Gasteiger partial charge on any atom is 0.221 e. The van der Waals surface area contributed by atoms with Crippen molar-refractivity contribution in [2.75, 3.05) is 19.7 Å². The van der Waals surface area contributed by atoms with E-state index in [2.05, 4.69) is 23.7 Å². The lowest BCUT2D eigenvalue weighted by atomic mass is 10.2. The summed E-state index contributed by atoms with van der Waals surface area (Å²) in [6.07, 6.45) is 3.70. The molecule has 1 atom stereocenters. The Balaban J connectivity index is 1.63. The van der Waals surface area contributed by atoms with Crippen molar-refractivity contribution in [3.8, 4) is 0 Å². The van der Waals surface area contributed by atoms with Crippen LogP contribution in [0.5, 0.6) is 0 Å². The Hall–Kier alpha value is -0.910. The Labute approximate surface area is 118 Å². The van der Waals surface area contributed by atoms with E-state index in [1.165, 1.54) is 4.88 Å². The number of amides is 1. The third-order valence-corrected chi connectivity index (χ3v) is 4.06. The van der Waals surface area contributed by atoms with Crippen molar-refractivity contribution in [1.29, 1.82) is 0 Å². The summed E-state index contributed by atoms with van der Waals surface area (Å²) in [5, 5.41) is 7.02. The van der Waals surface area contributed by atoms with Crippen LogP contribution in [-0.4, -0.2) is 36.7 Å². The van der Waals surface area contributed by atoms with Crippen LogP contribution in [0, 0.1) is 0 Å². The first-order valence-electron chi connectivity index (χ1n) is 6.93. The molecule has 2 heterocycles. The monoisotopic (exact) mass is 282 g/mol. The molecular formula is C14H22N2O2S. The number of hydrogen-bond donors (Lipinski definition) is 1. The van der Waals surface area contributed by atoms with Crippen molar-refractivity contribution in [2.24, 2.45) is 0 Å². The lowest BCUT2D eigenvalue weighted by Crippen LogP contribution is -2.37. The summed E-state index contributed by atoms with van der Waals surface area (Å²) in [6.45, 7) is 4.47. The lowest BCUT2D eigenvalue weighted by molar-refractivity contribution is -0.181. The van der Waals surface area contributed by atoms with Crippen LogP contribution in [0.15, 0.2) is 17.5 Å². The SMILES string of the molecule is C[C@@H](Cc1cccs1)NC(=O)CCN1CCCCO1. The first kappa shape index (κ1) is 14.5. The highest BCUT2D eigenvalue weighted by atomic mass is 32.1. The Morgan fingerprint density at radius 3 is 3.16 bits per heavy atom. The van der Waals surface area contributed by atoms with Crippen LogP contribution < -0.4 is 5.32 Å². The van der Waals surface area contributed by atoms with E-state index in [-0.39, 0.29) is 11.9 Å². The molecule has 1 aliphatic heterocycles. The van der Waals surface area contributed by atoms with Gasteiger partial charge in [0.2, 0.25) is 5.91 Å². The van der Waals surface area contributed by atoms with Crippen LogP contribution in [0.4, 0.5) is 0 Å². The predicted octanol–water partition coefficient (Wildman–Crippen LogP) is 2.21. The number of hydroxylamine groups is 2. The number of hydrogen-bond acceptors (Lipinski definition) is 4. The van der Waals surface area contributed by atoms with E-state index in [9.17, 15) is 4.79 Å². The second-order valence-electron chi connectivity index (χ2n) is 4.97. The van der Waals surface area contributed by atoms with E-state index in [0.717, 1.165) is 32.4 Å². The molecule has 0 bridgehead atoms. The van der Waals surface area contributed by atoms with Crippen molar-refractivity contribution < 1.29 is 9.63 Å². The lowest BCUT2D eigenvalue weighted by Gasteiger charge is -2.25. The van der Waals surface area contributed by atoms with Gasteiger partial charge in [-0.3, -0.25) is 9.63 Å². The largest absolute Gasteiger partial charge is 0.353 e. The number of nitrogens with zero attached hydrogens (tertiary/aromatic N) is 1. The molecule has 1 aromatic heterocycles. The summed E-state index contributed by atoms with van der Waals surface area (Å²) in [5.74, 6) is 0.109. The number of carbonyl (C=O) groups excluding carboxylic acids is 1. The van der Waals surface area contributed by atoms with Crippen LogP contribution in [0.25, 0.3) is 0 Å². The van der Waals surface area contributed by atoms with E-state index in [1.807, 2.05) is 11.1 Å². The number of nitrogens with one attached hydrogen (secondary N) is 1. The topological polar surface area (TPSA) is 41.6 Å². The summed E-state index contributed by atoms with van der Waals surface area (Å²) in [4.78, 5) is 18.6. The second kappa shape index (κ2) is 7.62. The van der Waals surface area contributed by atoms with Gasteiger partial charge in [0.15, 0.2) is 0 Å². The van der Waals surface area contributed by atoms with Gasteiger partial charge in [0.1, 0.15) is 0 Å². The van der Waals surface area contributed by atoms with Crippen LogP contribution in [0.2, 0.25) is 0 Å². The Kier molecular flexibility index (Phi) is 5.82. The molecule has 0 aromatic carbocycles. The zero-order valence-electron chi connectivity index (χ0n) is 11.4. The van der Waals surface area contributed by atoms with E-state index in [1.54, 1.807) is 11.3 Å². The minimum absolute atomic E-state index is 0.109. The molecular weight excluding hydrogens is 260 g/mol. The van der Waals surface area contributed by atoms with Crippen molar-refractivity contribution >= 4 is 17.2 Å². The fraction of sp³-hybridized carbons (Fsp3) is 0.643. The third-order valence-electron chi connectivity index (χ3n) is 3.16. The summed E-state index contributed by atoms with van der Waals surface area (Å²) in [6, 6.07) is 4.34. The molecule has 1 fully saturated rings. The van der Waals surface area contributed by atoms with Gasteiger partial charge in [0.05, 0.1) is 6.61 Å². The van der Waals surface area contributed by atoms with Gasteiger partial charge in [-0.05, 0) is 31.2 Å². The molecule has 1 amide bonds. The summed E-state index contributed by atoms with van der Waals surface area (Å²) < 4.78 is 0. The van der Waals surface area contributed by atoms with Crippen molar-refractivity contribution in [2.45, 2.75) is 38.6 Å². The number of rotatable bonds is 6. The normalized spacial score (nSPS) is 18.2. The van der Waals surface area contributed by atoms with Gasteiger partial charge < -0.3 is 5.32 Å². The van der Waals surface area contributed by atoms with E-state index >= 15 is 0 Å². The average molecular weight is 282 g/mol. The molecule has 0 spiro atoms. The number of thiophene rings is 1. The molecule has 4 nitrogen and oxygen atoms in total. The average Bonchev–Trinajstić information content (AvgIpc) is 2.90. The fourth-order valence-corrected chi connectivity index (χ4v) is 3.01. The third kappa shape index (κ3) is 5.30. The van der Waals surface area contributed by atoms with Crippen LogP contribution >= 0.6 is 11.3 Å². The van der Waals surface area contributed by atoms with Crippen LogP contribution in [0.1, 0.15) is 31.1 Å². The molecule has 106 valence electrons. The van der Waals surface area contributed by atoms with Gasteiger partial charge >= 0.3 is 0 Å². The zero-order chi connectivity index (χ0) is 13.5. The molecule has 19 heavy (non-hydrogen) atoms. The van der Waals surface area contributed by atoms with Gasteiger partial charge in [-0.1, -0.05) is 6.07 Å². The van der Waals surface area contributed by atoms with E-state index < -0.39 is 0 Å². The molecule has 0 aliphatic carbocycles. The summed E-state index contributed by atoms with van der Waals surface area (Å²) in [7, 11) is 0. The fourth-order valence-electron chi connectivity index (χ4n) is 2.18. The first-order chi connectivity index (χ1) is 9.24. The molecule has 0 unspecified atom stereocenters. The van der Waals surface area contributed by atoms with E-state index in [0.29, 0.717) is 13.0 Å². The Morgan fingerprint density at radius 2 is 2.47 bits per heavy atom. The quantitative estimate of drug-likeness (QED) is 0.870. The van der Waals surface area contributed by atoms with Crippen molar-refractivity contribution in [3.05, 3.63) is 22.4 Å². The van der Waals surface area contributed by atoms with Crippen LogP contribution in [-0.2, 0) is 16.1 Å². The highest BCUT2D eigenvalue weighted by Crippen LogP contribution is 2.11. The maximum atomic E-state index is 11.8. The van der Waals surface area contributed by atoms with Gasteiger partial charge in [-0.2, -0.15) is 5.06 Å². The molecule has 1 aromatic rings. The summed E-state index contributed by atoms with van der Waals surface area (Å²) >= 11 is 1.73. The predicted molar refractivity (Wildman–Crippen MR) is 77.0 cm³/mol. The van der Waals surface area contributed by atoms with Gasteiger partial charge in [-0.15, -0.1) is 11.3 Å². The molecule has 1 saturated heterocycles. The van der Waals surface area contributed by atoms with E-state index in [4.69, 9.17) is 4.84 Å². The molecule has 2 rings (SSSR count). The zero-order valence-corrected chi connectivity index (χ0v) is 12.2. The molecule has 5 heteroatoms. The van der Waals surface area contributed by atoms with Gasteiger partial charge in [0.25, 0.3) is 0 Å². The van der Waals surface area contributed by atoms with Crippen LogP contribution in [0.3, 0.4) is 0 Å². The molecule has 1 N–H and O–H groups in total. The summed E-state index contributed by atoms with van der Waals surface area (Å²) in [5.41, 5.74) is 0. The van der Waals surface area contributed by atoms with Crippen molar-refractivity contribution in [3.63, 3.8) is 0 Å². The Morgan fingerprint density at radius 1 is 1.58 bits per heavy atom. The van der Waals surface area contributed by atoms with Crippen molar-refractivity contribution in [1.82, 2.24) is 10.4 Å². The Bertz CT molecular complexity index is 375. The van der Waals surface area contributed by atoms with Gasteiger partial charge in [-0.25, -0.2) is 0 Å². The highest BCUT2D eigenvalue weighted by Gasteiger charge is 2.14.